The van der Waals surface area contributed by atoms with Crippen LogP contribution < -0.4 is 15.4 Å². The molecule has 0 atom stereocenters. The molecule has 29 heavy (non-hydrogen) atoms. The van der Waals surface area contributed by atoms with Gasteiger partial charge in [-0.3, -0.25) is 4.72 Å². The first-order valence-corrected chi connectivity index (χ1v) is 10.7. The first-order chi connectivity index (χ1) is 13.7. The third-order valence-electron chi connectivity index (χ3n) is 4.17. The van der Waals surface area contributed by atoms with Crippen molar-refractivity contribution in [1.29, 1.82) is 0 Å². The molecule has 0 aliphatic rings. The Kier molecular flexibility index (Phi) is 6.14. The van der Waals surface area contributed by atoms with Gasteiger partial charge in [0.2, 0.25) is 0 Å². The predicted octanol–water partition coefficient (Wildman–Crippen LogP) is 5.05. The molecule has 0 saturated heterocycles. The number of rotatable bonds is 5. The van der Waals surface area contributed by atoms with E-state index in [9.17, 15) is 12.8 Å². The summed E-state index contributed by atoms with van der Waals surface area (Å²) >= 11 is 5.38. The number of sulfonamides is 1. The molecule has 3 N–H and O–H groups in total. The highest BCUT2D eigenvalue weighted by molar-refractivity contribution is 7.92. The standard InChI is InChI=1S/C21H20FN3O2S2/c1-14-7-12-18(15(2)13-14)23-21(28)24-19-5-3-4-6-20(19)25-29(26,27)17-10-8-16(22)9-11-17/h3-13,25H,1-2H3,(H2,23,24,28). The minimum absolute atomic E-state index is 0.0373. The van der Waals surface area contributed by atoms with Crippen molar-refractivity contribution in [2.75, 3.05) is 15.4 Å². The number of benzene rings is 3. The average Bonchev–Trinajstić information content (AvgIpc) is 2.66. The van der Waals surface area contributed by atoms with E-state index in [1.807, 2.05) is 32.0 Å². The van der Waals surface area contributed by atoms with E-state index >= 15 is 0 Å². The van der Waals surface area contributed by atoms with E-state index in [1.54, 1.807) is 24.3 Å². The molecule has 0 bridgehead atoms. The van der Waals surface area contributed by atoms with Gasteiger partial charge >= 0.3 is 0 Å². The summed E-state index contributed by atoms with van der Waals surface area (Å²) in [6, 6.07) is 17.3. The lowest BCUT2D eigenvalue weighted by atomic mass is 10.1. The largest absolute Gasteiger partial charge is 0.332 e. The van der Waals surface area contributed by atoms with E-state index in [0.29, 0.717) is 16.5 Å². The second kappa shape index (κ2) is 8.59. The van der Waals surface area contributed by atoms with Crippen LogP contribution in [0.5, 0.6) is 0 Å². The lowest BCUT2D eigenvalue weighted by Gasteiger charge is -2.16. The van der Waals surface area contributed by atoms with Gasteiger partial charge in [0.25, 0.3) is 10.0 Å². The third kappa shape index (κ3) is 5.30. The Morgan fingerprint density at radius 1 is 0.862 bits per heavy atom. The number of hydrogen-bond donors (Lipinski definition) is 3. The molecule has 0 radical (unpaired) electrons. The summed E-state index contributed by atoms with van der Waals surface area (Å²) in [6.07, 6.45) is 0. The zero-order valence-corrected chi connectivity index (χ0v) is 17.5. The van der Waals surface area contributed by atoms with E-state index in [2.05, 4.69) is 15.4 Å². The molecule has 0 unspecified atom stereocenters. The quantitative estimate of drug-likeness (QED) is 0.495. The zero-order chi connectivity index (χ0) is 21.0. The Morgan fingerprint density at radius 2 is 1.48 bits per heavy atom. The highest BCUT2D eigenvalue weighted by Crippen LogP contribution is 2.25. The molecule has 0 aliphatic heterocycles. The maximum absolute atomic E-state index is 13.1. The monoisotopic (exact) mass is 429 g/mol. The fraction of sp³-hybridized carbons (Fsp3) is 0.0952. The summed E-state index contributed by atoms with van der Waals surface area (Å²) in [5.41, 5.74) is 3.85. The predicted molar refractivity (Wildman–Crippen MR) is 119 cm³/mol. The fourth-order valence-corrected chi connectivity index (χ4v) is 4.03. The summed E-state index contributed by atoms with van der Waals surface area (Å²) < 4.78 is 40.8. The molecule has 0 aliphatic carbocycles. The highest BCUT2D eigenvalue weighted by Gasteiger charge is 2.16. The number of nitrogens with one attached hydrogen (secondary N) is 3. The summed E-state index contributed by atoms with van der Waals surface area (Å²) in [5.74, 6) is -0.506. The first kappa shape index (κ1) is 20.8. The lowest BCUT2D eigenvalue weighted by Crippen LogP contribution is -2.21. The molecule has 0 heterocycles. The number of aryl methyl sites for hydroxylation is 2. The van der Waals surface area contributed by atoms with Gasteiger partial charge in [-0.05, 0) is 74.1 Å². The van der Waals surface area contributed by atoms with Crippen molar-refractivity contribution in [3.63, 3.8) is 0 Å². The number of thiocarbonyl (C=S) groups is 1. The van der Waals surface area contributed by atoms with Crippen LogP contribution in [0.3, 0.4) is 0 Å². The van der Waals surface area contributed by atoms with Crippen molar-refractivity contribution < 1.29 is 12.8 Å². The van der Waals surface area contributed by atoms with Crippen LogP contribution in [0.25, 0.3) is 0 Å². The van der Waals surface area contributed by atoms with E-state index in [0.717, 1.165) is 28.9 Å². The average molecular weight is 430 g/mol. The minimum atomic E-state index is -3.88. The number of hydrogen-bond acceptors (Lipinski definition) is 3. The van der Waals surface area contributed by atoms with Gasteiger partial charge in [0.05, 0.1) is 16.3 Å². The Hall–Kier alpha value is -2.97. The van der Waals surface area contributed by atoms with Crippen LogP contribution in [0.2, 0.25) is 0 Å². The van der Waals surface area contributed by atoms with Crippen molar-refractivity contribution in [2.45, 2.75) is 18.7 Å². The number of anilines is 3. The molecule has 3 aromatic carbocycles. The van der Waals surface area contributed by atoms with Crippen molar-refractivity contribution in [2.24, 2.45) is 0 Å². The van der Waals surface area contributed by atoms with Gasteiger partial charge in [0.15, 0.2) is 5.11 Å². The summed E-state index contributed by atoms with van der Waals surface area (Å²) in [5, 5.41) is 6.46. The number of halogens is 1. The van der Waals surface area contributed by atoms with Gasteiger partial charge in [0, 0.05) is 5.69 Å². The molecule has 0 amide bonds. The van der Waals surface area contributed by atoms with Crippen LogP contribution in [-0.2, 0) is 10.0 Å². The Morgan fingerprint density at radius 3 is 2.14 bits per heavy atom. The molecule has 0 saturated carbocycles. The van der Waals surface area contributed by atoms with E-state index < -0.39 is 15.8 Å². The summed E-state index contributed by atoms with van der Waals surface area (Å²) in [4.78, 5) is -0.0373. The molecule has 3 aromatic rings. The van der Waals surface area contributed by atoms with Crippen LogP contribution in [0.4, 0.5) is 21.5 Å². The molecular formula is C21H20FN3O2S2. The van der Waals surface area contributed by atoms with Crippen LogP contribution in [0.1, 0.15) is 11.1 Å². The first-order valence-electron chi connectivity index (χ1n) is 8.77. The molecule has 0 spiro atoms. The lowest BCUT2D eigenvalue weighted by molar-refractivity contribution is 0.599. The molecular weight excluding hydrogens is 409 g/mol. The van der Waals surface area contributed by atoms with E-state index in [-0.39, 0.29) is 4.90 Å². The minimum Gasteiger partial charge on any atom is -0.332 e. The van der Waals surface area contributed by atoms with Crippen LogP contribution in [0.15, 0.2) is 71.6 Å². The zero-order valence-electron chi connectivity index (χ0n) is 15.9. The Labute approximate surface area is 175 Å². The normalized spacial score (nSPS) is 11.0. The molecule has 0 fully saturated rings. The van der Waals surface area contributed by atoms with E-state index in [4.69, 9.17) is 12.2 Å². The number of para-hydroxylation sites is 2. The van der Waals surface area contributed by atoms with Gasteiger partial charge < -0.3 is 10.6 Å². The summed E-state index contributed by atoms with van der Waals surface area (Å²) in [6.45, 7) is 3.99. The smallest absolute Gasteiger partial charge is 0.261 e. The van der Waals surface area contributed by atoms with Gasteiger partial charge in [-0.2, -0.15) is 0 Å². The van der Waals surface area contributed by atoms with Crippen molar-refractivity contribution >= 4 is 44.4 Å². The van der Waals surface area contributed by atoms with Crippen LogP contribution in [-0.4, -0.2) is 13.5 Å². The van der Waals surface area contributed by atoms with Gasteiger partial charge in [-0.15, -0.1) is 0 Å². The topological polar surface area (TPSA) is 70.2 Å². The third-order valence-corrected chi connectivity index (χ3v) is 5.76. The Balaban J connectivity index is 1.78. The molecule has 0 aromatic heterocycles. The second-order valence-corrected chi connectivity index (χ2v) is 8.59. The highest BCUT2D eigenvalue weighted by atomic mass is 32.2. The van der Waals surface area contributed by atoms with Crippen molar-refractivity contribution in [1.82, 2.24) is 0 Å². The fourth-order valence-electron chi connectivity index (χ4n) is 2.73. The Bertz CT molecular complexity index is 1150. The van der Waals surface area contributed by atoms with Crippen LogP contribution in [0, 0.1) is 19.7 Å². The SMILES string of the molecule is Cc1ccc(NC(=S)Nc2ccccc2NS(=O)(=O)c2ccc(F)cc2)c(C)c1. The van der Waals surface area contributed by atoms with E-state index in [1.165, 1.54) is 12.1 Å². The second-order valence-electron chi connectivity index (χ2n) is 6.50. The maximum Gasteiger partial charge on any atom is 0.261 e. The molecule has 3 rings (SSSR count). The van der Waals surface area contributed by atoms with Gasteiger partial charge in [-0.25, -0.2) is 12.8 Å². The van der Waals surface area contributed by atoms with Gasteiger partial charge in [0.1, 0.15) is 5.82 Å². The van der Waals surface area contributed by atoms with Gasteiger partial charge in [-0.1, -0.05) is 29.8 Å². The maximum atomic E-state index is 13.1. The molecule has 5 nitrogen and oxygen atoms in total. The molecule has 150 valence electrons. The van der Waals surface area contributed by atoms with Crippen LogP contribution >= 0.6 is 12.2 Å². The summed E-state index contributed by atoms with van der Waals surface area (Å²) in [7, 11) is -3.88. The van der Waals surface area contributed by atoms with Crippen molar-refractivity contribution in [3.8, 4) is 0 Å². The van der Waals surface area contributed by atoms with Crippen molar-refractivity contribution in [3.05, 3.63) is 83.7 Å². The molecule has 8 heteroatoms.